The molecule has 0 bridgehead atoms. The molecule has 3 rings (SSSR count). The molecule has 0 amide bonds. The van der Waals surface area contributed by atoms with Crippen molar-refractivity contribution in [2.45, 2.75) is 5.16 Å². The summed E-state index contributed by atoms with van der Waals surface area (Å²) in [6.45, 7) is 0. The highest BCUT2D eigenvalue weighted by molar-refractivity contribution is 9.10. The van der Waals surface area contributed by atoms with E-state index in [4.69, 9.17) is 0 Å². The van der Waals surface area contributed by atoms with Crippen LogP contribution in [0.15, 0.2) is 64.2 Å². The highest BCUT2D eigenvalue weighted by atomic mass is 79.9. The number of nitrogens with zero attached hydrogens (tertiary/aromatic N) is 3. The van der Waals surface area contributed by atoms with Gasteiger partial charge in [-0.3, -0.25) is 0 Å². The minimum atomic E-state index is 0.432. The normalized spacial score (nSPS) is 10.2. The Morgan fingerprint density at radius 2 is 1.75 bits per heavy atom. The van der Waals surface area contributed by atoms with E-state index in [0.717, 1.165) is 15.7 Å². The molecular formula is C18H13BrN4S. The van der Waals surface area contributed by atoms with Gasteiger partial charge in [0.15, 0.2) is 11.0 Å². The number of hydrogen-bond donors (Lipinski definition) is 1. The number of rotatable bonds is 4. The van der Waals surface area contributed by atoms with Crippen LogP contribution < -0.4 is 5.32 Å². The van der Waals surface area contributed by atoms with E-state index in [1.54, 1.807) is 0 Å². The third-order valence-corrected chi connectivity index (χ3v) is 4.41. The zero-order valence-corrected chi connectivity index (χ0v) is 15.2. The van der Waals surface area contributed by atoms with E-state index in [1.807, 2.05) is 60.9 Å². The van der Waals surface area contributed by atoms with Crippen LogP contribution in [0.5, 0.6) is 0 Å². The summed E-state index contributed by atoms with van der Waals surface area (Å²) >= 11 is 4.86. The van der Waals surface area contributed by atoms with Crippen molar-refractivity contribution in [3.63, 3.8) is 0 Å². The van der Waals surface area contributed by atoms with Gasteiger partial charge >= 0.3 is 0 Å². The van der Waals surface area contributed by atoms with Crippen molar-refractivity contribution in [2.24, 2.45) is 0 Å². The SMILES string of the molecule is CSc1nc(Nc2ccc(Br)cc2)c(C#N)c(-c2ccccc2)n1. The number of hydrogen-bond acceptors (Lipinski definition) is 5. The van der Waals surface area contributed by atoms with Gasteiger partial charge in [-0.15, -0.1) is 0 Å². The van der Waals surface area contributed by atoms with Gasteiger partial charge in [0.05, 0.1) is 5.69 Å². The lowest BCUT2D eigenvalue weighted by Crippen LogP contribution is -2.03. The fourth-order valence-corrected chi connectivity index (χ4v) is 2.83. The van der Waals surface area contributed by atoms with Crippen LogP contribution in [0.4, 0.5) is 11.5 Å². The maximum absolute atomic E-state index is 9.66. The molecule has 0 spiro atoms. The molecule has 1 heterocycles. The molecule has 0 atom stereocenters. The number of nitrogens with one attached hydrogen (secondary N) is 1. The van der Waals surface area contributed by atoms with Crippen LogP contribution >= 0.6 is 27.7 Å². The molecule has 0 aliphatic rings. The Morgan fingerprint density at radius 3 is 2.38 bits per heavy atom. The summed E-state index contributed by atoms with van der Waals surface area (Å²) < 4.78 is 0.992. The van der Waals surface area contributed by atoms with Gasteiger partial charge in [0.1, 0.15) is 11.6 Å². The van der Waals surface area contributed by atoms with Crippen molar-refractivity contribution in [2.75, 3.05) is 11.6 Å². The summed E-state index contributed by atoms with van der Waals surface area (Å²) in [6, 6.07) is 19.6. The number of thioether (sulfide) groups is 1. The molecule has 4 nitrogen and oxygen atoms in total. The van der Waals surface area contributed by atoms with Crippen LogP contribution in [0.2, 0.25) is 0 Å². The summed E-state index contributed by atoms with van der Waals surface area (Å²) in [4.78, 5) is 9.00. The second-order valence-electron chi connectivity index (χ2n) is 4.89. The average Bonchev–Trinajstić information content (AvgIpc) is 2.63. The Labute approximate surface area is 153 Å². The Balaban J connectivity index is 2.11. The molecule has 0 aliphatic heterocycles. The monoisotopic (exact) mass is 396 g/mol. The predicted molar refractivity (Wildman–Crippen MR) is 101 cm³/mol. The standard InChI is InChI=1S/C18H13BrN4S/c1-24-18-22-16(12-5-3-2-4-6-12)15(11-20)17(23-18)21-14-9-7-13(19)8-10-14/h2-10H,1H3,(H,21,22,23). The Morgan fingerprint density at radius 1 is 1.04 bits per heavy atom. The van der Waals surface area contributed by atoms with Crippen LogP contribution in [0.3, 0.4) is 0 Å². The highest BCUT2D eigenvalue weighted by Crippen LogP contribution is 2.30. The Kier molecular flexibility index (Phi) is 5.14. The van der Waals surface area contributed by atoms with Crippen molar-refractivity contribution < 1.29 is 0 Å². The summed E-state index contributed by atoms with van der Waals surface area (Å²) in [7, 11) is 0. The molecule has 0 unspecified atom stereocenters. The second-order valence-corrected chi connectivity index (χ2v) is 6.58. The van der Waals surface area contributed by atoms with E-state index in [0.29, 0.717) is 22.2 Å². The molecule has 24 heavy (non-hydrogen) atoms. The largest absolute Gasteiger partial charge is 0.339 e. The minimum Gasteiger partial charge on any atom is -0.339 e. The molecule has 0 saturated heterocycles. The first-order valence-electron chi connectivity index (χ1n) is 7.15. The lowest BCUT2D eigenvalue weighted by Gasteiger charge is -2.12. The van der Waals surface area contributed by atoms with Crippen molar-refractivity contribution in [3.05, 3.63) is 64.6 Å². The second kappa shape index (κ2) is 7.47. The van der Waals surface area contributed by atoms with Crippen LogP contribution in [0, 0.1) is 11.3 Å². The van der Waals surface area contributed by atoms with E-state index in [9.17, 15) is 5.26 Å². The minimum absolute atomic E-state index is 0.432. The first-order chi connectivity index (χ1) is 11.7. The van der Waals surface area contributed by atoms with Crippen LogP contribution in [0.1, 0.15) is 5.56 Å². The van der Waals surface area contributed by atoms with Gasteiger partial charge in [0.2, 0.25) is 0 Å². The molecule has 1 N–H and O–H groups in total. The van der Waals surface area contributed by atoms with Gasteiger partial charge in [-0.2, -0.15) is 5.26 Å². The highest BCUT2D eigenvalue weighted by Gasteiger charge is 2.16. The smallest absolute Gasteiger partial charge is 0.189 e. The fraction of sp³-hybridized carbons (Fsp3) is 0.0556. The van der Waals surface area contributed by atoms with E-state index < -0.39 is 0 Å². The maximum atomic E-state index is 9.66. The zero-order valence-electron chi connectivity index (χ0n) is 12.8. The molecular weight excluding hydrogens is 384 g/mol. The molecule has 6 heteroatoms. The average molecular weight is 397 g/mol. The predicted octanol–water partition coefficient (Wildman–Crippen LogP) is 5.24. The number of anilines is 2. The van der Waals surface area contributed by atoms with Crippen molar-refractivity contribution in [1.29, 1.82) is 5.26 Å². The van der Waals surface area contributed by atoms with E-state index in [1.165, 1.54) is 11.8 Å². The van der Waals surface area contributed by atoms with Crippen molar-refractivity contribution in [1.82, 2.24) is 9.97 Å². The van der Waals surface area contributed by atoms with E-state index in [2.05, 4.69) is 37.3 Å². The molecule has 1 aromatic heterocycles. The number of aromatic nitrogens is 2. The molecule has 2 aromatic carbocycles. The van der Waals surface area contributed by atoms with Gasteiger partial charge in [0, 0.05) is 15.7 Å². The van der Waals surface area contributed by atoms with Gasteiger partial charge < -0.3 is 5.32 Å². The maximum Gasteiger partial charge on any atom is 0.189 e. The quantitative estimate of drug-likeness (QED) is 0.482. The summed E-state index contributed by atoms with van der Waals surface area (Å²) in [6.07, 6.45) is 1.92. The van der Waals surface area contributed by atoms with E-state index in [-0.39, 0.29) is 0 Å². The van der Waals surface area contributed by atoms with E-state index >= 15 is 0 Å². The molecule has 0 fully saturated rings. The third kappa shape index (κ3) is 3.58. The fourth-order valence-electron chi connectivity index (χ4n) is 2.20. The Hall–Kier alpha value is -2.36. The zero-order chi connectivity index (χ0) is 16.9. The first kappa shape index (κ1) is 16.5. The van der Waals surface area contributed by atoms with Crippen LogP contribution in [-0.4, -0.2) is 16.2 Å². The van der Waals surface area contributed by atoms with Crippen molar-refractivity contribution >= 4 is 39.2 Å². The summed E-state index contributed by atoms with van der Waals surface area (Å²) in [5.74, 6) is 0.512. The molecule has 0 saturated carbocycles. The van der Waals surface area contributed by atoms with Gasteiger partial charge in [-0.05, 0) is 30.5 Å². The topological polar surface area (TPSA) is 61.6 Å². The first-order valence-corrected chi connectivity index (χ1v) is 9.17. The van der Waals surface area contributed by atoms with Gasteiger partial charge in [-0.25, -0.2) is 9.97 Å². The van der Waals surface area contributed by atoms with Gasteiger partial charge in [0.25, 0.3) is 0 Å². The van der Waals surface area contributed by atoms with Crippen LogP contribution in [0.25, 0.3) is 11.3 Å². The Bertz CT molecular complexity index is 889. The molecule has 118 valence electrons. The molecule has 0 aliphatic carbocycles. The number of nitriles is 1. The van der Waals surface area contributed by atoms with Gasteiger partial charge in [-0.1, -0.05) is 58.0 Å². The summed E-state index contributed by atoms with van der Waals surface area (Å²) in [5, 5.41) is 13.5. The summed E-state index contributed by atoms with van der Waals surface area (Å²) in [5.41, 5.74) is 2.82. The number of benzene rings is 2. The number of halogens is 1. The molecule has 3 aromatic rings. The lowest BCUT2D eigenvalue weighted by molar-refractivity contribution is 0.975. The third-order valence-electron chi connectivity index (χ3n) is 3.34. The lowest BCUT2D eigenvalue weighted by atomic mass is 10.1. The molecule has 0 radical (unpaired) electrons. The van der Waals surface area contributed by atoms with Crippen LogP contribution in [-0.2, 0) is 0 Å². The van der Waals surface area contributed by atoms with Crippen molar-refractivity contribution in [3.8, 4) is 17.3 Å².